The number of nitrogens with zero attached hydrogens (tertiary/aromatic N) is 5. The van der Waals surface area contributed by atoms with Crippen molar-refractivity contribution in [3.8, 4) is 0 Å². The predicted molar refractivity (Wildman–Crippen MR) is 88.8 cm³/mol. The molecule has 4 rings (SSSR count). The highest BCUT2D eigenvalue weighted by atomic mass is 16.5. The Hall–Kier alpha value is -2.74. The van der Waals surface area contributed by atoms with Crippen molar-refractivity contribution in [1.29, 1.82) is 0 Å². The van der Waals surface area contributed by atoms with Gasteiger partial charge in [-0.05, 0) is 25.0 Å². The lowest BCUT2D eigenvalue weighted by Crippen LogP contribution is -2.26. The molecule has 1 amide bonds. The largest absolute Gasteiger partial charge is 0.439 e. The van der Waals surface area contributed by atoms with E-state index in [0.29, 0.717) is 23.7 Å². The number of benzene rings is 1. The van der Waals surface area contributed by atoms with E-state index in [1.54, 1.807) is 17.9 Å². The molecule has 130 valence electrons. The van der Waals surface area contributed by atoms with Crippen molar-refractivity contribution in [3.05, 3.63) is 42.0 Å². The monoisotopic (exact) mass is 341 g/mol. The first kappa shape index (κ1) is 15.8. The average Bonchev–Trinajstić information content (AvgIpc) is 3.34. The van der Waals surface area contributed by atoms with Crippen LogP contribution in [0.25, 0.3) is 11.1 Å². The van der Waals surface area contributed by atoms with Crippen molar-refractivity contribution < 1.29 is 13.9 Å². The Labute approximate surface area is 144 Å². The number of aromatic nitrogens is 4. The van der Waals surface area contributed by atoms with Crippen LogP contribution in [-0.4, -0.2) is 50.5 Å². The molecule has 3 heterocycles. The Kier molecular flexibility index (Phi) is 4.19. The minimum atomic E-state index is -0.221. The normalized spacial score (nSPS) is 17.2. The first-order chi connectivity index (χ1) is 12.2. The van der Waals surface area contributed by atoms with Gasteiger partial charge < -0.3 is 14.1 Å². The van der Waals surface area contributed by atoms with Crippen molar-refractivity contribution in [3.63, 3.8) is 0 Å². The van der Waals surface area contributed by atoms with Crippen LogP contribution in [0.5, 0.6) is 0 Å². The van der Waals surface area contributed by atoms with Gasteiger partial charge in [-0.2, -0.15) is 0 Å². The summed E-state index contributed by atoms with van der Waals surface area (Å²) in [6.45, 7) is 1.68. The second-order valence-electron chi connectivity index (χ2n) is 6.20. The number of carbonyl (C=O) groups excluding carboxylic acids is 1. The smallest absolute Gasteiger partial charge is 0.276 e. The molecular formula is C17H19N5O3. The number of para-hydroxylation sites is 2. The molecule has 1 aliphatic heterocycles. The third kappa shape index (κ3) is 3.39. The summed E-state index contributed by atoms with van der Waals surface area (Å²) < 4.78 is 12.9. The number of ether oxygens (including phenoxy) is 1. The quantitative estimate of drug-likeness (QED) is 0.704. The molecule has 1 atom stereocenters. The number of rotatable bonds is 5. The van der Waals surface area contributed by atoms with Crippen LogP contribution in [-0.2, 0) is 17.8 Å². The summed E-state index contributed by atoms with van der Waals surface area (Å²) in [6, 6.07) is 7.51. The molecule has 1 aliphatic rings. The number of fused-ring (bicyclic) bond motifs is 1. The Morgan fingerprint density at radius 3 is 3.08 bits per heavy atom. The molecule has 0 spiro atoms. The molecule has 8 nitrogen and oxygen atoms in total. The summed E-state index contributed by atoms with van der Waals surface area (Å²) >= 11 is 0. The predicted octanol–water partition coefficient (Wildman–Crippen LogP) is 1.87. The fourth-order valence-electron chi connectivity index (χ4n) is 2.94. The maximum absolute atomic E-state index is 12.5. The van der Waals surface area contributed by atoms with Gasteiger partial charge in [0.2, 0.25) is 5.89 Å². The van der Waals surface area contributed by atoms with E-state index < -0.39 is 0 Å². The van der Waals surface area contributed by atoms with Crippen molar-refractivity contribution in [2.45, 2.75) is 32.0 Å². The van der Waals surface area contributed by atoms with E-state index >= 15 is 0 Å². The second kappa shape index (κ2) is 6.64. The zero-order valence-corrected chi connectivity index (χ0v) is 14.0. The van der Waals surface area contributed by atoms with Crippen molar-refractivity contribution >= 4 is 17.0 Å². The molecule has 8 heteroatoms. The number of hydrogen-bond acceptors (Lipinski definition) is 6. The molecule has 0 aliphatic carbocycles. The van der Waals surface area contributed by atoms with E-state index in [2.05, 4.69) is 15.3 Å². The van der Waals surface area contributed by atoms with Crippen LogP contribution in [0.15, 0.2) is 34.9 Å². The molecule has 0 radical (unpaired) electrons. The van der Waals surface area contributed by atoms with E-state index in [-0.39, 0.29) is 18.6 Å². The SMILES string of the molecule is CN(Cc1nc2ccccc2o1)C(=O)c1cn(C[C@H]2CCCO2)nn1. The Bertz CT molecular complexity index is 848. The van der Waals surface area contributed by atoms with Crippen LogP contribution in [0.2, 0.25) is 0 Å². The van der Waals surface area contributed by atoms with Gasteiger partial charge in [0, 0.05) is 13.7 Å². The van der Waals surface area contributed by atoms with Gasteiger partial charge in [-0.1, -0.05) is 17.3 Å². The highest BCUT2D eigenvalue weighted by Crippen LogP contribution is 2.16. The van der Waals surface area contributed by atoms with Gasteiger partial charge in [0.15, 0.2) is 11.3 Å². The Morgan fingerprint density at radius 1 is 1.40 bits per heavy atom. The summed E-state index contributed by atoms with van der Waals surface area (Å²) in [5, 5.41) is 8.00. The molecule has 0 bridgehead atoms. The molecule has 2 aromatic heterocycles. The number of oxazole rings is 1. The number of carbonyl (C=O) groups is 1. The summed E-state index contributed by atoms with van der Waals surface area (Å²) in [5.41, 5.74) is 1.79. The molecule has 25 heavy (non-hydrogen) atoms. The molecule has 1 fully saturated rings. The maximum Gasteiger partial charge on any atom is 0.276 e. The van der Waals surface area contributed by atoms with Gasteiger partial charge in [0.25, 0.3) is 5.91 Å². The van der Waals surface area contributed by atoms with E-state index in [1.165, 1.54) is 4.90 Å². The minimum absolute atomic E-state index is 0.155. The fraction of sp³-hybridized carbons (Fsp3) is 0.412. The third-order valence-electron chi connectivity index (χ3n) is 4.23. The van der Waals surface area contributed by atoms with Gasteiger partial charge in [0.05, 0.1) is 25.4 Å². The molecule has 3 aromatic rings. The van der Waals surface area contributed by atoms with Gasteiger partial charge in [-0.25, -0.2) is 9.67 Å². The minimum Gasteiger partial charge on any atom is -0.439 e. The highest BCUT2D eigenvalue weighted by molar-refractivity contribution is 5.91. The fourth-order valence-corrected chi connectivity index (χ4v) is 2.94. The summed E-state index contributed by atoms with van der Waals surface area (Å²) in [7, 11) is 1.69. The van der Waals surface area contributed by atoms with Crippen molar-refractivity contribution in [1.82, 2.24) is 24.9 Å². The van der Waals surface area contributed by atoms with Gasteiger partial charge in [-0.3, -0.25) is 4.79 Å². The third-order valence-corrected chi connectivity index (χ3v) is 4.23. The van der Waals surface area contributed by atoms with Gasteiger partial charge in [-0.15, -0.1) is 5.10 Å². The Morgan fingerprint density at radius 2 is 2.28 bits per heavy atom. The Balaban J connectivity index is 1.42. The second-order valence-corrected chi connectivity index (χ2v) is 6.20. The topological polar surface area (TPSA) is 86.3 Å². The zero-order valence-electron chi connectivity index (χ0n) is 14.0. The van der Waals surface area contributed by atoms with Crippen LogP contribution < -0.4 is 0 Å². The average molecular weight is 341 g/mol. The van der Waals surface area contributed by atoms with Gasteiger partial charge >= 0.3 is 0 Å². The standard InChI is InChI=1S/C17H19N5O3/c1-21(11-16-18-13-6-2-3-7-15(13)25-16)17(23)14-10-22(20-19-14)9-12-5-4-8-24-12/h2-3,6-7,10,12H,4-5,8-9,11H2,1H3/t12-/m1/s1. The summed E-state index contributed by atoms with van der Waals surface area (Å²) in [6.07, 6.45) is 3.90. The number of amides is 1. The van der Waals surface area contributed by atoms with E-state index in [0.717, 1.165) is 25.0 Å². The van der Waals surface area contributed by atoms with E-state index in [4.69, 9.17) is 9.15 Å². The van der Waals surface area contributed by atoms with Crippen LogP contribution in [0.4, 0.5) is 0 Å². The van der Waals surface area contributed by atoms with E-state index in [9.17, 15) is 4.79 Å². The highest BCUT2D eigenvalue weighted by Gasteiger charge is 2.20. The van der Waals surface area contributed by atoms with Crippen LogP contribution in [0, 0.1) is 0 Å². The van der Waals surface area contributed by atoms with Crippen LogP contribution in [0.3, 0.4) is 0 Å². The zero-order chi connectivity index (χ0) is 17.2. The molecule has 1 saturated heterocycles. The van der Waals surface area contributed by atoms with Crippen molar-refractivity contribution in [2.75, 3.05) is 13.7 Å². The lowest BCUT2D eigenvalue weighted by molar-refractivity contribution is 0.0767. The maximum atomic E-state index is 12.5. The summed E-state index contributed by atoms with van der Waals surface area (Å²) in [5.74, 6) is 0.268. The lowest BCUT2D eigenvalue weighted by Gasteiger charge is -2.12. The van der Waals surface area contributed by atoms with Crippen molar-refractivity contribution in [2.24, 2.45) is 0 Å². The summed E-state index contributed by atoms with van der Waals surface area (Å²) in [4.78, 5) is 18.4. The van der Waals surface area contributed by atoms with E-state index in [1.807, 2.05) is 24.3 Å². The van der Waals surface area contributed by atoms with Crippen LogP contribution in [0.1, 0.15) is 29.2 Å². The number of hydrogen-bond donors (Lipinski definition) is 0. The molecule has 1 aromatic carbocycles. The molecule has 0 unspecified atom stereocenters. The van der Waals surface area contributed by atoms with Crippen LogP contribution >= 0.6 is 0 Å². The first-order valence-corrected chi connectivity index (χ1v) is 8.31. The molecular weight excluding hydrogens is 322 g/mol. The molecule has 0 N–H and O–H groups in total. The van der Waals surface area contributed by atoms with Gasteiger partial charge in [0.1, 0.15) is 5.52 Å². The molecule has 0 saturated carbocycles. The lowest BCUT2D eigenvalue weighted by atomic mass is 10.2. The first-order valence-electron chi connectivity index (χ1n) is 8.31.